The van der Waals surface area contributed by atoms with Gasteiger partial charge >= 0.3 is 6.03 Å². The van der Waals surface area contributed by atoms with Crippen LogP contribution in [0.15, 0.2) is 109 Å². The highest BCUT2D eigenvalue weighted by atomic mass is 32.2. The predicted octanol–water partition coefficient (Wildman–Crippen LogP) is 2.71. The molecule has 0 unspecified atom stereocenters. The van der Waals surface area contributed by atoms with Gasteiger partial charge in [-0.2, -0.15) is 15.1 Å². The molecule has 5 atom stereocenters. The molecular formula is C39H43N11O6S. The van der Waals surface area contributed by atoms with Crippen LogP contribution in [0.2, 0.25) is 0 Å². The number of carbonyl (C=O) groups is 1. The Morgan fingerprint density at radius 1 is 0.947 bits per heavy atom. The van der Waals surface area contributed by atoms with Gasteiger partial charge in [0.15, 0.2) is 17.0 Å². The highest BCUT2D eigenvalue weighted by Gasteiger charge is 2.44. The average Bonchev–Trinajstić information content (AvgIpc) is 4.03. The lowest BCUT2D eigenvalue weighted by atomic mass is 9.91. The summed E-state index contributed by atoms with van der Waals surface area (Å²) in [5, 5.41) is 51.0. The van der Waals surface area contributed by atoms with Crippen LogP contribution in [0.5, 0.6) is 0 Å². The van der Waals surface area contributed by atoms with Crippen molar-refractivity contribution in [2.24, 2.45) is 5.14 Å². The van der Waals surface area contributed by atoms with Gasteiger partial charge in [0.05, 0.1) is 36.1 Å². The lowest BCUT2D eigenvalue weighted by Crippen LogP contribution is -2.40. The number of nitrogens with zero attached hydrogens (tertiary/aromatic N) is 7. The summed E-state index contributed by atoms with van der Waals surface area (Å²) in [6.07, 6.45) is 3.37. The molecule has 1 aliphatic carbocycles. The number of imidazole rings is 1. The lowest BCUT2D eigenvalue weighted by Gasteiger charge is -2.22. The first-order valence-corrected chi connectivity index (χ1v) is 20.1. The number of fused-ring (bicyclic) bond motifs is 1. The summed E-state index contributed by atoms with van der Waals surface area (Å²) in [5.74, 6) is 0.842. The molecule has 0 spiro atoms. The molecule has 8 N–H and O–H groups in total. The van der Waals surface area contributed by atoms with E-state index >= 15 is 0 Å². The van der Waals surface area contributed by atoms with Gasteiger partial charge in [-0.1, -0.05) is 66.7 Å². The van der Waals surface area contributed by atoms with E-state index in [2.05, 4.69) is 45.3 Å². The highest BCUT2D eigenvalue weighted by molar-refractivity contribution is 7.89. The second-order valence-corrected chi connectivity index (χ2v) is 16.0. The number of anilines is 3. The number of aromatic nitrogens is 6. The number of hydrogen-bond donors (Lipinski definition) is 7. The minimum atomic E-state index is -3.95. The maximum Gasteiger partial charge on any atom is 0.319 e. The minimum Gasteiger partial charge on any atom is -0.392 e. The standard InChI is InChI=1S/C39H43N11O6S/c40-57(55,56)29-13-7-12-27(16-29)44-39(54)45-28-14-15-48(21-28)38-46-36(41-19-30(25-8-3-1-4-9-25)26-10-5-2-6-11-26)33-37(47-38)49(23-42-33)31-17-32(35(53)34(31)52)50-20-24(22-51)18-43-50/h1-13,16,18,20,23,28,30-32,34-35,51-53H,14-15,17,19,21-22H2,(H2,40,55,56)(H,41,46,47)(H2,44,45,54)/t28-,31-,32+,34+,35-/m1/s1. The number of nitrogens with two attached hydrogens (primary N) is 1. The van der Waals surface area contributed by atoms with Crippen molar-refractivity contribution in [3.8, 4) is 0 Å². The van der Waals surface area contributed by atoms with Gasteiger partial charge in [0.1, 0.15) is 12.2 Å². The molecule has 2 amide bonds. The van der Waals surface area contributed by atoms with Crippen LogP contribution in [0.4, 0.5) is 22.2 Å². The molecule has 8 rings (SSSR count). The zero-order valence-corrected chi connectivity index (χ0v) is 31.5. The molecule has 3 aromatic carbocycles. The van der Waals surface area contributed by atoms with Gasteiger partial charge in [0, 0.05) is 49.0 Å². The number of primary sulfonamides is 1. The smallest absolute Gasteiger partial charge is 0.319 e. The molecule has 18 heteroatoms. The number of benzene rings is 3. The van der Waals surface area contributed by atoms with Gasteiger partial charge < -0.3 is 40.7 Å². The maximum atomic E-state index is 13.0. The SMILES string of the molecule is NS(=O)(=O)c1cccc(NC(=O)N[C@@H]2CCN(c3nc(NCC(c4ccccc4)c4ccccc4)c4ncn([C@@H]5C[C@H](n6cc(CO)cn6)[C@@H](O)[C@H]5O)c4n3)C2)c1. The van der Waals surface area contributed by atoms with Crippen LogP contribution >= 0.6 is 0 Å². The van der Waals surface area contributed by atoms with Crippen LogP contribution in [-0.4, -0.2) is 97.0 Å². The Kier molecular flexibility index (Phi) is 10.6. The summed E-state index contributed by atoms with van der Waals surface area (Å²) in [6.45, 7) is 1.17. The Bertz CT molecular complexity index is 2430. The quantitative estimate of drug-likeness (QED) is 0.0947. The van der Waals surface area contributed by atoms with Gasteiger partial charge in [-0.3, -0.25) is 4.68 Å². The van der Waals surface area contributed by atoms with Gasteiger partial charge in [0.2, 0.25) is 16.0 Å². The number of hydrogen-bond acceptors (Lipinski definition) is 12. The third kappa shape index (κ3) is 8.03. The molecule has 2 fully saturated rings. The molecule has 17 nitrogen and oxygen atoms in total. The molecule has 1 saturated carbocycles. The monoisotopic (exact) mass is 793 g/mol. The third-order valence-electron chi connectivity index (χ3n) is 10.7. The Balaban J connectivity index is 1.08. The zero-order valence-electron chi connectivity index (χ0n) is 30.7. The third-order valence-corrected chi connectivity index (χ3v) is 11.6. The summed E-state index contributed by atoms with van der Waals surface area (Å²) in [7, 11) is -3.95. The van der Waals surface area contributed by atoms with Crippen molar-refractivity contribution in [1.82, 2.24) is 34.6 Å². The Labute approximate surface area is 328 Å². The van der Waals surface area contributed by atoms with Crippen LogP contribution in [0.3, 0.4) is 0 Å². The van der Waals surface area contributed by atoms with Crippen LogP contribution < -0.4 is 26.0 Å². The summed E-state index contributed by atoms with van der Waals surface area (Å²) in [4.78, 5) is 29.6. The van der Waals surface area contributed by atoms with Crippen LogP contribution in [0.25, 0.3) is 11.2 Å². The minimum absolute atomic E-state index is 0.0297. The Morgan fingerprint density at radius 2 is 1.67 bits per heavy atom. The van der Waals surface area contributed by atoms with E-state index in [1.165, 1.54) is 24.4 Å². The van der Waals surface area contributed by atoms with E-state index in [1.807, 2.05) is 41.3 Å². The molecule has 1 saturated heterocycles. The molecule has 57 heavy (non-hydrogen) atoms. The van der Waals surface area contributed by atoms with Gasteiger partial charge in [-0.15, -0.1) is 0 Å². The van der Waals surface area contributed by atoms with Crippen molar-refractivity contribution in [2.75, 3.05) is 35.2 Å². The van der Waals surface area contributed by atoms with Crippen molar-refractivity contribution in [2.45, 2.75) is 60.6 Å². The van der Waals surface area contributed by atoms with E-state index in [9.17, 15) is 28.5 Å². The number of rotatable bonds is 12. The molecule has 2 aliphatic rings. The van der Waals surface area contributed by atoms with Crippen molar-refractivity contribution < 1.29 is 28.5 Å². The van der Waals surface area contributed by atoms with Gasteiger partial charge in [-0.25, -0.2) is 23.3 Å². The number of aliphatic hydroxyl groups is 3. The molecule has 0 radical (unpaired) electrons. The van der Waals surface area contributed by atoms with E-state index in [4.69, 9.17) is 20.1 Å². The molecule has 6 aromatic rings. The number of nitrogens with one attached hydrogen (secondary N) is 3. The lowest BCUT2D eigenvalue weighted by molar-refractivity contribution is 0.00720. The van der Waals surface area contributed by atoms with E-state index < -0.39 is 40.3 Å². The first-order chi connectivity index (χ1) is 27.6. The number of aliphatic hydroxyl groups excluding tert-OH is 3. The number of urea groups is 1. The molecular weight excluding hydrogens is 751 g/mol. The van der Waals surface area contributed by atoms with Gasteiger partial charge in [-0.05, 0) is 42.2 Å². The predicted molar refractivity (Wildman–Crippen MR) is 212 cm³/mol. The number of amides is 2. The van der Waals surface area contributed by atoms with Gasteiger partial charge in [0.25, 0.3) is 0 Å². The second kappa shape index (κ2) is 15.9. The summed E-state index contributed by atoms with van der Waals surface area (Å²) in [6, 6.07) is 24.1. The van der Waals surface area contributed by atoms with Crippen molar-refractivity contribution >= 4 is 44.7 Å². The van der Waals surface area contributed by atoms with Crippen LogP contribution in [-0.2, 0) is 16.6 Å². The first-order valence-electron chi connectivity index (χ1n) is 18.6. The fourth-order valence-electron chi connectivity index (χ4n) is 7.74. The molecule has 3 aromatic heterocycles. The fourth-order valence-corrected chi connectivity index (χ4v) is 8.30. The first kappa shape index (κ1) is 38.0. The highest BCUT2D eigenvalue weighted by Crippen LogP contribution is 2.40. The van der Waals surface area contributed by atoms with E-state index in [0.29, 0.717) is 61.0 Å². The van der Waals surface area contributed by atoms with Crippen molar-refractivity contribution in [3.05, 3.63) is 120 Å². The Morgan fingerprint density at radius 3 is 2.35 bits per heavy atom. The molecule has 4 heterocycles. The largest absolute Gasteiger partial charge is 0.392 e. The summed E-state index contributed by atoms with van der Waals surface area (Å²) < 4.78 is 27.0. The van der Waals surface area contributed by atoms with Crippen LogP contribution in [0.1, 0.15) is 47.5 Å². The number of carbonyl (C=O) groups excluding carboxylic acids is 1. The molecule has 296 valence electrons. The molecule has 1 aliphatic heterocycles. The van der Waals surface area contributed by atoms with E-state index in [0.717, 1.165) is 11.1 Å². The zero-order chi connectivity index (χ0) is 39.7. The summed E-state index contributed by atoms with van der Waals surface area (Å²) in [5.41, 5.74) is 4.05. The topological polar surface area (TPSA) is 239 Å². The fraction of sp³-hybridized carbons (Fsp3) is 0.308. The van der Waals surface area contributed by atoms with E-state index in [1.54, 1.807) is 27.8 Å². The maximum absolute atomic E-state index is 13.0. The Hall–Kier alpha value is -5.92. The summed E-state index contributed by atoms with van der Waals surface area (Å²) >= 11 is 0. The van der Waals surface area contributed by atoms with Crippen molar-refractivity contribution in [3.63, 3.8) is 0 Å². The van der Waals surface area contributed by atoms with Crippen LogP contribution in [0, 0.1) is 0 Å². The second-order valence-electron chi connectivity index (χ2n) is 14.4. The van der Waals surface area contributed by atoms with Crippen molar-refractivity contribution in [1.29, 1.82) is 0 Å². The number of sulfonamides is 1. The molecule has 0 bridgehead atoms. The van der Waals surface area contributed by atoms with E-state index in [-0.39, 0.29) is 29.1 Å². The average molecular weight is 794 g/mol. The normalized spacial score (nSPS) is 21.0.